The third-order valence-corrected chi connectivity index (χ3v) is 6.53. The van der Waals surface area contributed by atoms with Crippen LogP contribution in [0.3, 0.4) is 0 Å². The molecule has 2 aromatic carbocycles. The topological polar surface area (TPSA) is 77.4 Å². The molecule has 3 aromatic rings. The number of hydrogen-bond acceptors (Lipinski definition) is 7. The van der Waals surface area contributed by atoms with Crippen molar-refractivity contribution in [1.82, 2.24) is 15.2 Å². The standard InChI is InChI=1S/C21H18Br2N4O3S/c1-4-31-21-24-19-17(25-26-21)13-7-5-6-8-16(13)27(11(2)28)20(30-19)12-9-14(22)18(29-3)15(23)10-12/h5-10,20H,4H2,1-3H3/t20-/m1/s1. The molecular formula is C21H18Br2N4O3S. The maximum Gasteiger partial charge on any atom is 0.247 e. The Bertz CT molecular complexity index is 1140. The van der Waals surface area contributed by atoms with Crippen LogP contribution in [-0.2, 0) is 4.79 Å². The fourth-order valence-corrected chi connectivity index (χ4v) is 5.43. The summed E-state index contributed by atoms with van der Waals surface area (Å²) < 4.78 is 13.2. The summed E-state index contributed by atoms with van der Waals surface area (Å²) in [4.78, 5) is 19.0. The summed E-state index contributed by atoms with van der Waals surface area (Å²) in [6.07, 6.45) is -0.769. The highest BCUT2D eigenvalue weighted by Gasteiger charge is 2.35. The van der Waals surface area contributed by atoms with E-state index >= 15 is 0 Å². The van der Waals surface area contributed by atoms with Gasteiger partial charge in [0.2, 0.25) is 23.2 Å². The first kappa shape index (κ1) is 22.0. The molecule has 160 valence electrons. The summed E-state index contributed by atoms with van der Waals surface area (Å²) in [6.45, 7) is 3.52. The van der Waals surface area contributed by atoms with Crippen molar-refractivity contribution in [2.75, 3.05) is 17.8 Å². The van der Waals surface area contributed by atoms with Gasteiger partial charge in [-0.15, -0.1) is 10.2 Å². The van der Waals surface area contributed by atoms with E-state index < -0.39 is 6.23 Å². The quantitative estimate of drug-likeness (QED) is 0.379. The molecule has 7 nitrogen and oxygen atoms in total. The van der Waals surface area contributed by atoms with E-state index in [1.807, 2.05) is 43.3 Å². The minimum Gasteiger partial charge on any atom is -0.494 e. The molecule has 0 radical (unpaired) electrons. The molecule has 1 amide bonds. The van der Waals surface area contributed by atoms with Gasteiger partial charge < -0.3 is 9.47 Å². The predicted octanol–water partition coefficient (Wildman–Crippen LogP) is 5.63. The van der Waals surface area contributed by atoms with Gasteiger partial charge in [0.25, 0.3) is 0 Å². The van der Waals surface area contributed by atoms with Crippen LogP contribution in [0.25, 0.3) is 11.3 Å². The molecule has 0 spiro atoms. The monoisotopic (exact) mass is 564 g/mol. The summed E-state index contributed by atoms with van der Waals surface area (Å²) >= 11 is 8.56. The fraction of sp³-hybridized carbons (Fsp3) is 0.238. The molecule has 1 atom stereocenters. The van der Waals surface area contributed by atoms with Gasteiger partial charge in [-0.2, -0.15) is 4.98 Å². The van der Waals surface area contributed by atoms with E-state index in [4.69, 9.17) is 9.47 Å². The van der Waals surface area contributed by atoms with Crippen molar-refractivity contribution in [2.45, 2.75) is 25.2 Å². The van der Waals surface area contributed by atoms with Crippen molar-refractivity contribution >= 4 is 55.2 Å². The molecule has 1 aliphatic rings. The molecule has 0 saturated heterocycles. The minimum absolute atomic E-state index is 0.176. The second kappa shape index (κ2) is 9.13. The van der Waals surface area contributed by atoms with Gasteiger partial charge in [-0.3, -0.25) is 9.69 Å². The lowest BCUT2D eigenvalue weighted by atomic mass is 10.1. The third-order valence-electron chi connectivity index (χ3n) is 4.63. The number of carbonyl (C=O) groups is 1. The van der Waals surface area contributed by atoms with Gasteiger partial charge in [0.15, 0.2) is 5.69 Å². The van der Waals surface area contributed by atoms with E-state index in [-0.39, 0.29) is 5.91 Å². The van der Waals surface area contributed by atoms with Gasteiger partial charge in [-0.25, -0.2) is 0 Å². The first-order valence-electron chi connectivity index (χ1n) is 9.40. The van der Waals surface area contributed by atoms with Crippen molar-refractivity contribution in [3.63, 3.8) is 0 Å². The Balaban J connectivity index is 1.95. The zero-order chi connectivity index (χ0) is 22.1. The van der Waals surface area contributed by atoms with Gasteiger partial charge in [0.1, 0.15) is 5.75 Å². The van der Waals surface area contributed by atoms with Crippen molar-refractivity contribution in [3.8, 4) is 22.9 Å². The summed E-state index contributed by atoms with van der Waals surface area (Å²) in [5, 5.41) is 9.14. The number of hydrogen-bond donors (Lipinski definition) is 0. The average molecular weight is 566 g/mol. The Kier molecular flexibility index (Phi) is 6.49. The number of anilines is 1. The number of carbonyl (C=O) groups excluding carboxylic acids is 1. The van der Waals surface area contributed by atoms with Crippen LogP contribution in [0.15, 0.2) is 50.5 Å². The van der Waals surface area contributed by atoms with Crippen molar-refractivity contribution in [1.29, 1.82) is 0 Å². The predicted molar refractivity (Wildman–Crippen MR) is 127 cm³/mol. The molecule has 0 fully saturated rings. The Labute approximate surface area is 200 Å². The van der Waals surface area contributed by atoms with E-state index in [9.17, 15) is 4.79 Å². The van der Waals surface area contributed by atoms with Crippen LogP contribution < -0.4 is 14.4 Å². The first-order valence-corrected chi connectivity index (χ1v) is 12.0. The number of benzene rings is 2. The normalized spacial score (nSPS) is 14.9. The second-order valence-electron chi connectivity index (χ2n) is 6.58. The lowest BCUT2D eigenvalue weighted by Crippen LogP contribution is -2.36. The maximum absolute atomic E-state index is 12.8. The van der Waals surface area contributed by atoms with Gasteiger partial charge in [0.05, 0.1) is 21.7 Å². The molecule has 1 aliphatic heterocycles. The molecule has 4 rings (SSSR count). The summed E-state index contributed by atoms with van der Waals surface area (Å²) in [5.74, 6) is 1.61. The Morgan fingerprint density at radius 3 is 2.58 bits per heavy atom. The zero-order valence-corrected chi connectivity index (χ0v) is 20.9. The van der Waals surface area contributed by atoms with Crippen LogP contribution in [0.5, 0.6) is 11.6 Å². The van der Waals surface area contributed by atoms with E-state index in [2.05, 4.69) is 47.0 Å². The number of thioether (sulfide) groups is 1. The highest BCUT2D eigenvalue weighted by molar-refractivity contribution is 9.11. The van der Waals surface area contributed by atoms with Crippen LogP contribution in [0.4, 0.5) is 5.69 Å². The van der Waals surface area contributed by atoms with E-state index in [0.29, 0.717) is 28.2 Å². The number of fused-ring (bicyclic) bond motifs is 3. The van der Waals surface area contributed by atoms with E-state index in [1.165, 1.54) is 18.7 Å². The van der Waals surface area contributed by atoms with Crippen molar-refractivity contribution < 1.29 is 14.3 Å². The molecule has 2 heterocycles. The highest BCUT2D eigenvalue weighted by atomic mass is 79.9. The molecule has 0 bridgehead atoms. The summed E-state index contributed by atoms with van der Waals surface area (Å²) in [5.41, 5.74) is 2.64. The average Bonchev–Trinajstić information content (AvgIpc) is 2.88. The Hall–Kier alpha value is -2.17. The Morgan fingerprint density at radius 1 is 1.23 bits per heavy atom. The molecule has 0 unspecified atom stereocenters. The number of rotatable bonds is 4. The van der Waals surface area contributed by atoms with Gasteiger partial charge in [0, 0.05) is 18.1 Å². The van der Waals surface area contributed by atoms with Crippen LogP contribution in [0.1, 0.15) is 25.6 Å². The van der Waals surface area contributed by atoms with Crippen LogP contribution in [-0.4, -0.2) is 34.0 Å². The first-order chi connectivity index (χ1) is 14.9. The largest absolute Gasteiger partial charge is 0.494 e. The molecule has 10 heteroatoms. The fourth-order valence-electron chi connectivity index (χ4n) is 3.38. The number of amides is 1. The number of methoxy groups -OCH3 is 1. The van der Waals surface area contributed by atoms with Crippen molar-refractivity contribution in [2.24, 2.45) is 0 Å². The Morgan fingerprint density at radius 2 is 1.94 bits per heavy atom. The van der Waals surface area contributed by atoms with Crippen LogP contribution in [0, 0.1) is 0 Å². The van der Waals surface area contributed by atoms with E-state index in [0.717, 1.165) is 25.8 Å². The second-order valence-corrected chi connectivity index (χ2v) is 9.52. The number of halogens is 2. The smallest absolute Gasteiger partial charge is 0.247 e. The van der Waals surface area contributed by atoms with Gasteiger partial charge in [-0.05, 0) is 55.8 Å². The minimum atomic E-state index is -0.769. The summed E-state index contributed by atoms with van der Waals surface area (Å²) in [6, 6.07) is 11.3. The number of para-hydroxylation sites is 1. The van der Waals surface area contributed by atoms with Crippen molar-refractivity contribution in [3.05, 3.63) is 50.9 Å². The van der Waals surface area contributed by atoms with Gasteiger partial charge in [-0.1, -0.05) is 36.9 Å². The van der Waals surface area contributed by atoms with E-state index in [1.54, 1.807) is 12.0 Å². The lowest BCUT2D eigenvalue weighted by molar-refractivity contribution is -0.118. The van der Waals surface area contributed by atoms with Crippen LogP contribution in [0.2, 0.25) is 0 Å². The maximum atomic E-state index is 12.8. The third kappa shape index (κ3) is 4.16. The number of nitrogens with zero attached hydrogens (tertiary/aromatic N) is 4. The zero-order valence-electron chi connectivity index (χ0n) is 16.9. The van der Waals surface area contributed by atoms with Crippen LogP contribution >= 0.6 is 43.6 Å². The molecule has 0 saturated carbocycles. The van der Waals surface area contributed by atoms with Gasteiger partial charge >= 0.3 is 0 Å². The number of aromatic nitrogens is 3. The summed E-state index contributed by atoms with van der Waals surface area (Å²) in [7, 11) is 1.59. The SMILES string of the molecule is CCSc1nnc2c(n1)O[C@H](c1cc(Br)c(OC)c(Br)c1)N(C(C)=O)c1ccccc1-2. The molecule has 31 heavy (non-hydrogen) atoms. The molecule has 0 N–H and O–H groups in total. The number of ether oxygens (including phenoxy) is 2. The molecule has 0 aliphatic carbocycles. The molecule has 1 aromatic heterocycles. The molecular weight excluding hydrogens is 548 g/mol. The lowest BCUT2D eigenvalue weighted by Gasteiger charge is -2.30. The highest BCUT2D eigenvalue weighted by Crippen LogP contribution is 2.45.